The number of amides is 1. The molecule has 0 saturated carbocycles. The number of rotatable bonds is 3. The van der Waals surface area contributed by atoms with Gasteiger partial charge in [0.25, 0.3) is 11.5 Å². The molecule has 116 valence electrons. The van der Waals surface area contributed by atoms with Crippen LogP contribution in [0.2, 0.25) is 0 Å². The van der Waals surface area contributed by atoms with Crippen LogP contribution < -0.4 is 11.3 Å². The van der Waals surface area contributed by atoms with E-state index >= 15 is 0 Å². The lowest BCUT2D eigenvalue weighted by molar-refractivity contribution is -0.140. The average molecular weight is 341 g/mol. The van der Waals surface area contributed by atoms with Crippen molar-refractivity contribution >= 4 is 33.9 Å². The largest absolute Gasteiger partial charge is 0.525 e. The van der Waals surface area contributed by atoms with Crippen molar-refractivity contribution < 1.29 is 14.7 Å². The summed E-state index contributed by atoms with van der Waals surface area (Å²) in [5.41, 5.74) is 6.27. The molecule has 2 unspecified atom stereocenters. The van der Waals surface area contributed by atoms with Gasteiger partial charge in [0.1, 0.15) is 21.7 Å². The number of nitrogens with zero attached hydrogens (tertiary/aromatic N) is 2. The summed E-state index contributed by atoms with van der Waals surface area (Å²) in [4.78, 5) is 35.5. The molecule has 3 heterocycles. The predicted octanol–water partition coefficient (Wildman–Crippen LogP) is -0.449. The third-order valence-electron chi connectivity index (χ3n) is 3.36. The van der Waals surface area contributed by atoms with Crippen LogP contribution in [0.1, 0.15) is 0 Å². The Kier molecular flexibility index (Phi) is 3.98. The lowest BCUT2D eigenvalue weighted by Gasteiger charge is -2.42. The van der Waals surface area contributed by atoms with Crippen LogP contribution in [-0.4, -0.2) is 54.3 Å². The number of carbonyl (C=O) groups excluding carboxylic acids is 1. The van der Waals surface area contributed by atoms with E-state index in [1.54, 1.807) is 12.3 Å². The number of β-lactam (4-membered cyclic amide) rings is 1. The summed E-state index contributed by atoms with van der Waals surface area (Å²) in [5, 5.41) is 14.8. The molecule has 0 spiro atoms. The first-order valence-corrected chi connectivity index (χ1v) is 8.80. The van der Waals surface area contributed by atoms with Gasteiger partial charge in [-0.15, -0.1) is 0 Å². The van der Waals surface area contributed by atoms with Gasteiger partial charge in [0.2, 0.25) is 5.37 Å². The second kappa shape index (κ2) is 5.78. The first kappa shape index (κ1) is 15.1. The Labute approximate surface area is 132 Å². The molecule has 1 aromatic rings. The highest BCUT2D eigenvalue weighted by atomic mass is 32.2. The molecule has 8 nitrogen and oxygen atoms in total. The molecule has 0 bridgehead atoms. The van der Waals surface area contributed by atoms with Crippen molar-refractivity contribution in [3.63, 3.8) is 0 Å². The van der Waals surface area contributed by atoms with Gasteiger partial charge in [-0.3, -0.25) is 14.5 Å². The van der Waals surface area contributed by atoms with Gasteiger partial charge in [-0.2, -0.15) is 9.89 Å². The fourth-order valence-electron chi connectivity index (χ4n) is 2.30. The summed E-state index contributed by atoms with van der Waals surface area (Å²) < 4.78 is 0. The van der Waals surface area contributed by atoms with Crippen LogP contribution in [0.25, 0.3) is 0 Å². The van der Waals surface area contributed by atoms with E-state index in [9.17, 15) is 19.5 Å². The molecular formula is C12H13N4O4S2+. The number of aromatic amines is 1. The maximum atomic E-state index is 11.7. The average Bonchev–Trinajstić information content (AvgIpc) is 2.52. The Balaban J connectivity index is 1.72. The Morgan fingerprint density at radius 2 is 2.32 bits per heavy atom. The normalized spacial score (nSPS) is 27.0. The van der Waals surface area contributed by atoms with Crippen LogP contribution in [0.5, 0.6) is 0 Å². The highest BCUT2D eigenvalue weighted by Crippen LogP contribution is 2.34. The van der Waals surface area contributed by atoms with Crippen LogP contribution in [0, 0.1) is 0 Å². The number of fused-ring (bicyclic) bond motifs is 1. The number of hydrogen-bond donors (Lipinski definition) is 3. The maximum Gasteiger partial charge on any atom is 0.525 e. The lowest BCUT2D eigenvalue weighted by Crippen LogP contribution is -2.71. The van der Waals surface area contributed by atoms with Crippen molar-refractivity contribution in [2.24, 2.45) is 5.73 Å². The number of thioether (sulfide) groups is 1. The van der Waals surface area contributed by atoms with Crippen LogP contribution >= 0.6 is 11.8 Å². The minimum atomic E-state index is -0.990. The van der Waals surface area contributed by atoms with Crippen LogP contribution in [0.3, 0.4) is 0 Å². The van der Waals surface area contributed by atoms with E-state index in [1.807, 2.05) is 0 Å². The number of carboxylic acid groups (broad SMARTS) is 1. The maximum absolute atomic E-state index is 11.7. The number of carbonyl (C=O) groups is 2. The lowest BCUT2D eigenvalue weighted by atomic mass is 10.1. The van der Waals surface area contributed by atoms with Crippen molar-refractivity contribution in [3.8, 4) is 0 Å². The van der Waals surface area contributed by atoms with E-state index < -0.39 is 27.6 Å². The zero-order valence-electron chi connectivity index (χ0n) is 11.3. The molecule has 3 atom stereocenters. The summed E-state index contributed by atoms with van der Waals surface area (Å²) in [6.07, 6.45) is 1.70. The summed E-state index contributed by atoms with van der Waals surface area (Å²) in [6.45, 7) is 0. The smallest absolute Gasteiger partial charge is 0.441 e. The minimum absolute atomic E-state index is 0.242. The fraction of sp³-hybridized carbons (Fsp3) is 0.333. The van der Waals surface area contributed by atoms with E-state index in [-0.39, 0.29) is 11.5 Å². The van der Waals surface area contributed by atoms with Crippen molar-refractivity contribution in [2.45, 2.75) is 16.4 Å². The molecule has 1 aromatic heterocycles. The van der Waals surface area contributed by atoms with Crippen molar-refractivity contribution in [1.29, 1.82) is 0 Å². The van der Waals surface area contributed by atoms with Crippen LogP contribution in [0.15, 0.2) is 33.7 Å². The summed E-state index contributed by atoms with van der Waals surface area (Å²) in [6, 6.07) is 2.25. The van der Waals surface area contributed by atoms with Crippen molar-refractivity contribution in [1.82, 2.24) is 15.1 Å². The Morgan fingerprint density at radius 3 is 2.95 bits per heavy atom. The number of nitrogens with one attached hydrogen (secondary N) is 1. The molecule has 4 N–H and O–H groups in total. The highest BCUT2D eigenvalue weighted by molar-refractivity contribution is 8.11. The van der Waals surface area contributed by atoms with E-state index in [0.717, 1.165) is 5.57 Å². The third-order valence-corrected chi connectivity index (χ3v) is 6.63. The minimum Gasteiger partial charge on any atom is -0.441 e. The molecule has 0 aromatic carbocycles. The SMILES string of the molecule is NC1C(=O)N2C=C(CSc3ccc(=O)[nH]n3)C[S+](C(=O)O)[C@H]12. The summed E-state index contributed by atoms with van der Waals surface area (Å²) >= 11 is 1.37. The number of H-pyrrole nitrogens is 1. The quantitative estimate of drug-likeness (QED) is 0.386. The van der Waals surface area contributed by atoms with E-state index in [4.69, 9.17) is 5.73 Å². The zero-order chi connectivity index (χ0) is 15.9. The monoisotopic (exact) mass is 341 g/mol. The Morgan fingerprint density at radius 1 is 1.55 bits per heavy atom. The van der Waals surface area contributed by atoms with Gasteiger partial charge in [-0.05, 0) is 6.07 Å². The topological polar surface area (TPSA) is 129 Å². The fourth-order valence-corrected chi connectivity index (χ4v) is 5.20. The second-order valence-electron chi connectivity index (χ2n) is 4.84. The molecule has 1 fully saturated rings. The molecule has 3 rings (SSSR count). The van der Waals surface area contributed by atoms with Crippen LogP contribution in [0.4, 0.5) is 4.79 Å². The zero-order valence-corrected chi connectivity index (χ0v) is 12.9. The Hall–Kier alpha value is -1.78. The van der Waals surface area contributed by atoms with Gasteiger partial charge in [0, 0.05) is 23.6 Å². The molecule has 0 aliphatic carbocycles. The molecule has 1 saturated heterocycles. The molecule has 22 heavy (non-hydrogen) atoms. The van der Waals surface area contributed by atoms with Gasteiger partial charge in [0.05, 0.1) is 0 Å². The molecular weight excluding hydrogens is 328 g/mol. The summed E-state index contributed by atoms with van der Waals surface area (Å²) in [5.74, 6) is 0.642. The van der Waals surface area contributed by atoms with E-state index in [0.29, 0.717) is 16.5 Å². The number of aromatic nitrogens is 2. The first-order chi connectivity index (χ1) is 10.5. The second-order valence-corrected chi connectivity index (χ2v) is 7.81. The highest BCUT2D eigenvalue weighted by Gasteiger charge is 2.60. The van der Waals surface area contributed by atoms with Gasteiger partial charge >= 0.3 is 5.30 Å². The standard InChI is InChI=1S/C12H12N4O4S2/c13-9-10(18)16-3-6(5-22(11(9)16)12(19)20)4-21-8-2-1-7(17)14-15-8/h1-3,9,11H,4-5,13H2,(H-,14,17,19,20)/p+1/t9?,11-,22?/m1/s1. The van der Waals surface area contributed by atoms with Gasteiger partial charge in [0.15, 0.2) is 6.04 Å². The van der Waals surface area contributed by atoms with Gasteiger partial charge in [-0.1, -0.05) is 11.8 Å². The van der Waals surface area contributed by atoms with E-state index in [2.05, 4.69) is 10.2 Å². The molecule has 0 radical (unpaired) electrons. The van der Waals surface area contributed by atoms with Gasteiger partial charge < -0.3 is 10.8 Å². The van der Waals surface area contributed by atoms with Crippen molar-refractivity contribution in [3.05, 3.63) is 34.3 Å². The third kappa shape index (κ3) is 2.64. The molecule has 2 aliphatic heterocycles. The first-order valence-electron chi connectivity index (χ1n) is 6.36. The number of hydrogen-bond acceptors (Lipinski definition) is 6. The summed E-state index contributed by atoms with van der Waals surface area (Å²) in [7, 11) is -0.990. The predicted molar refractivity (Wildman–Crippen MR) is 82.5 cm³/mol. The Bertz CT molecular complexity index is 699. The molecule has 1 amide bonds. The van der Waals surface area contributed by atoms with Gasteiger partial charge in [-0.25, -0.2) is 5.10 Å². The molecule has 10 heteroatoms. The number of nitrogens with two attached hydrogens (primary N) is 1. The van der Waals surface area contributed by atoms with Crippen molar-refractivity contribution in [2.75, 3.05) is 11.5 Å². The van der Waals surface area contributed by atoms with E-state index in [1.165, 1.54) is 22.7 Å². The molecule has 2 aliphatic rings. The van der Waals surface area contributed by atoms with Crippen LogP contribution in [-0.2, 0) is 15.7 Å².